The van der Waals surface area contributed by atoms with Gasteiger partial charge in [0.2, 0.25) is 0 Å². The number of carboxylic acids is 1. The van der Waals surface area contributed by atoms with Crippen molar-refractivity contribution in [1.82, 2.24) is 9.78 Å². The molecular formula is C12H10BrFN2O3. The highest BCUT2D eigenvalue weighted by Gasteiger charge is 2.16. The molecule has 5 nitrogen and oxygen atoms in total. The Morgan fingerprint density at radius 3 is 2.79 bits per heavy atom. The smallest absolute Gasteiger partial charge is 0.356 e. The standard InChI is InChI=1S/C12H10BrFN2O3/c13-9-5-8(1-2-10(9)14)16-6-7(3-4-17)11(15-16)12(18)19/h1-2,5-6,17H,3-4H2,(H,18,19). The summed E-state index contributed by atoms with van der Waals surface area (Å²) in [7, 11) is 0. The van der Waals surface area contributed by atoms with Crippen LogP contribution >= 0.6 is 15.9 Å². The molecule has 1 aromatic heterocycles. The summed E-state index contributed by atoms with van der Waals surface area (Å²) in [6.07, 6.45) is 1.71. The number of carboxylic acid groups (broad SMARTS) is 1. The number of carbonyl (C=O) groups is 1. The molecule has 0 amide bonds. The summed E-state index contributed by atoms with van der Waals surface area (Å²) >= 11 is 3.06. The van der Waals surface area contributed by atoms with E-state index in [4.69, 9.17) is 10.2 Å². The van der Waals surface area contributed by atoms with E-state index < -0.39 is 11.8 Å². The lowest BCUT2D eigenvalue weighted by atomic mass is 10.2. The monoisotopic (exact) mass is 328 g/mol. The lowest BCUT2D eigenvalue weighted by Gasteiger charge is -2.02. The van der Waals surface area contributed by atoms with Crippen LogP contribution in [0.3, 0.4) is 0 Å². The number of aromatic nitrogens is 2. The number of hydrogen-bond donors (Lipinski definition) is 2. The number of rotatable bonds is 4. The number of aromatic carboxylic acids is 1. The molecule has 0 fully saturated rings. The molecular weight excluding hydrogens is 319 g/mol. The maximum Gasteiger partial charge on any atom is 0.356 e. The number of hydrogen-bond acceptors (Lipinski definition) is 3. The van der Waals surface area contributed by atoms with E-state index in [1.54, 1.807) is 0 Å². The largest absolute Gasteiger partial charge is 0.476 e. The number of aliphatic hydroxyl groups excluding tert-OH is 1. The molecule has 19 heavy (non-hydrogen) atoms. The Labute approximate surface area is 116 Å². The fourth-order valence-corrected chi connectivity index (χ4v) is 2.02. The third-order valence-corrected chi connectivity index (χ3v) is 3.15. The molecule has 0 saturated heterocycles. The van der Waals surface area contributed by atoms with Crippen LogP contribution in [0, 0.1) is 5.82 Å². The van der Waals surface area contributed by atoms with Gasteiger partial charge in [-0.1, -0.05) is 0 Å². The quantitative estimate of drug-likeness (QED) is 0.900. The second-order valence-electron chi connectivity index (χ2n) is 3.82. The van der Waals surface area contributed by atoms with Crippen LogP contribution in [0.4, 0.5) is 4.39 Å². The summed E-state index contributed by atoms with van der Waals surface area (Å²) in [5, 5.41) is 21.9. The number of benzene rings is 1. The van der Waals surface area contributed by atoms with Crippen LogP contribution in [-0.2, 0) is 6.42 Å². The Balaban J connectivity index is 2.47. The van der Waals surface area contributed by atoms with Crippen molar-refractivity contribution in [1.29, 1.82) is 0 Å². The second kappa shape index (κ2) is 5.50. The molecule has 0 radical (unpaired) electrons. The van der Waals surface area contributed by atoms with Crippen LogP contribution < -0.4 is 0 Å². The van der Waals surface area contributed by atoms with E-state index in [-0.39, 0.29) is 23.2 Å². The molecule has 7 heteroatoms. The van der Waals surface area contributed by atoms with E-state index >= 15 is 0 Å². The van der Waals surface area contributed by atoms with Crippen molar-refractivity contribution in [2.24, 2.45) is 0 Å². The van der Waals surface area contributed by atoms with Gasteiger partial charge < -0.3 is 10.2 Å². The van der Waals surface area contributed by atoms with E-state index in [1.807, 2.05) is 0 Å². The normalized spacial score (nSPS) is 10.7. The van der Waals surface area contributed by atoms with Crippen LogP contribution in [0.5, 0.6) is 0 Å². The lowest BCUT2D eigenvalue weighted by molar-refractivity contribution is 0.0688. The highest BCUT2D eigenvalue weighted by atomic mass is 79.9. The van der Waals surface area contributed by atoms with Gasteiger partial charge in [-0.05, 0) is 40.5 Å². The molecule has 0 aliphatic heterocycles. The van der Waals surface area contributed by atoms with Crippen LogP contribution in [-0.4, -0.2) is 32.6 Å². The van der Waals surface area contributed by atoms with E-state index in [9.17, 15) is 9.18 Å². The molecule has 0 atom stereocenters. The molecule has 1 heterocycles. The summed E-state index contributed by atoms with van der Waals surface area (Å²) in [4.78, 5) is 11.0. The van der Waals surface area contributed by atoms with Gasteiger partial charge in [0.25, 0.3) is 0 Å². The van der Waals surface area contributed by atoms with E-state index in [0.717, 1.165) is 0 Å². The first kappa shape index (κ1) is 13.7. The van der Waals surface area contributed by atoms with Crippen molar-refractivity contribution in [3.63, 3.8) is 0 Å². The maximum atomic E-state index is 13.1. The Morgan fingerprint density at radius 2 is 2.21 bits per heavy atom. The van der Waals surface area contributed by atoms with Gasteiger partial charge in [0.1, 0.15) is 5.82 Å². The van der Waals surface area contributed by atoms with Crippen molar-refractivity contribution < 1.29 is 19.4 Å². The van der Waals surface area contributed by atoms with Crippen molar-refractivity contribution in [2.45, 2.75) is 6.42 Å². The molecule has 1 aromatic carbocycles. The van der Waals surface area contributed by atoms with Gasteiger partial charge in [0.05, 0.1) is 10.2 Å². The first-order chi connectivity index (χ1) is 9.02. The van der Waals surface area contributed by atoms with Crippen LogP contribution in [0.15, 0.2) is 28.9 Å². The molecule has 0 bridgehead atoms. The number of halogens is 2. The molecule has 0 unspecified atom stereocenters. The molecule has 0 aliphatic carbocycles. The average Bonchev–Trinajstić information content (AvgIpc) is 2.77. The van der Waals surface area contributed by atoms with E-state index in [0.29, 0.717) is 11.3 Å². The van der Waals surface area contributed by atoms with Gasteiger partial charge in [0, 0.05) is 18.4 Å². The summed E-state index contributed by atoms with van der Waals surface area (Å²) < 4.78 is 14.8. The zero-order chi connectivity index (χ0) is 14.0. The molecule has 100 valence electrons. The van der Waals surface area contributed by atoms with Crippen molar-refractivity contribution in [2.75, 3.05) is 6.61 Å². The minimum absolute atomic E-state index is 0.116. The predicted molar refractivity (Wildman–Crippen MR) is 69.0 cm³/mol. The fourth-order valence-electron chi connectivity index (χ4n) is 1.65. The molecule has 2 N–H and O–H groups in total. The predicted octanol–water partition coefficient (Wildman–Crippen LogP) is 2.01. The second-order valence-corrected chi connectivity index (χ2v) is 4.68. The SMILES string of the molecule is O=C(O)c1nn(-c2ccc(F)c(Br)c2)cc1CCO. The minimum atomic E-state index is -1.16. The summed E-state index contributed by atoms with van der Waals surface area (Å²) in [5.41, 5.74) is 0.838. The van der Waals surface area contributed by atoms with Gasteiger partial charge in [0.15, 0.2) is 5.69 Å². The molecule has 2 rings (SSSR count). The highest BCUT2D eigenvalue weighted by molar-refractivity contribution is 9.10. The highest BCUT2D eigenvalue weighted by Crippen LogP contribution is 2.20. The number of nitrogens with zero attached hydrogens (tertiary/aromatic N) is 2. The number of aliphatic hydroxyl groups is 1. The maximum absolute atomic E-state index is 13.1. The Kier molecular flexibility index (Phi) is 3.96. The van der Waals surface area contributed by atoms with Crippen molar-refractivity contribution in [3.8, 4) is 5.69 Å². The Hall–Kier alpha value is -1.73. The first-order valence-electron chi connectivity index (χ1n) is 5.41. The van der Waals surface area contributed by atoms with Gasteiger partial charge in [-0.2, -0.15) is 5.10 Å². The van der Waals surface area contributed by atoms with Crippen molar-refractivity contribution in [3.05, 3.63) is 45.9 Å². The lowest BCUT2D eigenvalue weighted by Crippen LogP contribution is -2.03. The van der Waals surface area contributed by atoms with Crippen LogP contribution in [0.2, 0.25) is 0 Å². The summed E-state index contributed by atoms with van der Waals surface area (Å²) in [6, 6.07) is 4.24. The van der Waals surface area contributed by atoms with Gasteiger partial charge in [-0.25, -0.2) is 13.9 Å². The van der Waals surface area contributed by atoms with Crippen LogP contribution in [0.1, 0.15) is 16.1 Å². The Morgan fingerprint density at radius 1 is 1.47 bits per heavy atom. The zero-order valence-electron chi connectivity index (χ0n) is 9.68. The average molecular weight is 329 g/mol. The third-order valence-electron chi connectivity index (χ3n) is 2.54. The first-order valence-corrected chi connectivity index (χ1v) is 6.20. The van der Waals surface area contributed by atoms with Crippen LogP contribution in [0.25, 0.3) is 5.69 Å². The minimum Gasteiger partial charge on any atom is -0.476 e. The van der Waals surface area contributed by atoms with Gasteiger partial charge in [-0.15, -0.1) is 0 Å². The van der Waals surface area contributed by atoms with E-state index in [2.05, 4.69) is 21.0 Å². The molecule has 0 aliphatic rings. The Bertz CT molecular complexity index is 627. The topological polar surface area (TPSA) is 75.3 Å². The summed E-state index contributed by atoms with van der Waals surface area (Å²) in [5.74, 6) is -1.58. The molecule has 0 spiro atoms. The third kappa shape index (κ3) is 2.82. The molecule has 2 aromatic rings. The fraction of sp³-hybridized carbons (Fsp3) is 0.167. The van der Waals surface area contributed by atoms with Gasteiger partial charge >= 0.3 is 5.97 Å². The zero-order valence-corrected chi connectivity index (χ0v) is 11.3. The van der Waals surface area contributed by atoms with E-state index in [1.165, 1.54) is 29.1 Å². The van der Waals surface area contributed by atoms with Crippen molar-refractivity contribution >= 4 is 21.9 Å². The van der Waals surface area contributed by atoms with Gasteiger partial charge in [-0.3, -0.25) is 0 Å². The summed E-state index contributed by atoms with van der Waals surface area (Å²) in [6.45, 7) is -0.168. The molecule has 0 saturated carbocycles.